The predicted molar refractivity (Wildman–Crippen MR) is 77.0 cm³/mol. The molecular weight excluding hydrogens is 258 g/mol. The van der Waals surface area contributed by atoms with Crippen molar-refractivity contribution in [2.45, 2.75) is 30.9 Å². The summed E-state index contributed by atoms with van der Waals surface area (Å²) in [7, 11) is 0. The summed E-state index contributed by atoms with van der Waals surface area (Å²) < 4.78 is 5.32. The van der Waals surface area contributed by atoms with Crippen molar-refractivity contribution in [2.75, 3.05) is 11.5 Å². The van der Waals surface area contributed by atoms with E-state index in [4.69, 9.17) is 10.3 Å². The molecule has 1 fully saturated rings. The Kier molecular flexibility index (Phi) is 3.73. The fourth-order valence-corrected chi connectivity index (χ4v) is 3.41. The molecule has 19 heavy (non-hydrogen) atoms. The van der Waals surface area contributed by atoms with Gasteiger partial charge in [-0.1, -0.05) is 17.3 Å². The fourth-order valence-electron chi connectivity index (χ4n) is 2.22. The molecule has 0 aliphatic carbocycles. The van der Waals surface area contributed by atoms with Gasteiger partial charge in [-0.25, -0.2) is 0 Å². The minimum absolute atomic E-state index is 0.439. The van der Waals surface area contributed by atoms with Crippen LogP contribution in [0.3, 0.4) is 0 Å². The van der Waals surface area contributed by atoms with Crippen LogP contribution in [0, 0.1) is 0 Å². The highest BCUT2D eigenvalue weighted by Gasteiger charge is 2.22. The van der Waals surface area contributed by atoms with E-state index < -0.39 is 0 Å². The van der Waals surface area contributed by atoms with Gasteiger partial charge in [0.15, 0.2) is 5.82 Å². The zero-order valence-electron chi connectivity index (χ0n) is 10.7. The number of nitrogens with zero attached hydrogens (tertiary/aromatic N) is 2. The van der Waals surface area contributed by atoms with Crippen LogP contribution in [0.4, 0.5) is 5.69 Å². The lowest BCUT2D eigenvalue weighted by Gasteiger charge is -2.00. The van der Waals surface area contributed by atoms with E-state index in [1.165, 1.54) is 24.2 Å². The second kappa shape index (κ2) is 5.65. The Morgan fingerprint density at radius 1 is 1.26 bits per heavy atom. The van der Waals surface area contributed by atoms with Crippen molar-refractivity contribution in [3.8, 4) is 0 Å². The maximum Gasteiger partial charge on any atom is 0.227 e. The molecule has 1 atom stereocenters. The second-order valence-electron chi connectivity index (χ2n) is 4.79. The van der Waals surface area contributed by atoms with Gasteiger partial charge in [-0.15, -0.1) is 0 Å². The monoisotopic (exact) mass is 275 g/mol. The highest BCUT2D eigenvalue weighted by molar-refractivity contribution is 7.99. The van der Waals surface area contributed by atoms with E-state index >= 15 is 0 Å². The smallest absolute Gasteiger partial charge is 0.227 e. The largest absolute Gasteiger partial charge is 0.399 e. The number of nitrogen functional groups attached to an aromatic ring is 1. The number of hydrogen-bond acceptors (Lipinski definition) is 5. The van der Waals surface area contributed by atoms with Crippen molar-refractivity contribution in [3.05, 3.63) is 41.5 Å². The van der Waals surface area contributed by atoms with Crippen LogP contribution in [0.2, 0.25) is 0 Å². The number of benzene rings is 1. The minimum atomic E-state index is 0.439. The van der Waals surface area contributed by atoms with Crippen LogP contribution in [0.5, 0.6) is 0 Å². The Morgan fingerprint density at radius 2 is 2.11 bits per heavy atom. The molecule has 1 aliphatic rings. The predicted octanol–water partition coefficient (Wildman–Crippen LogP) is 3.01. The van der Waals surface area contributed by atoms with Gasteiger partial charge >= 0.3 is 0 Å². The summed E-state index contributed by atoms with van der Waals surface area (Å²) in [5.41, 5.74) is 7.70. The Balaban J connectivity index is 1.59. The first-order valence-electron chi connectivity index (χ1n) is 6.60. The Morgan fingerprint density at radius 3 is 2.84 bits per heavy atom. The van der Waals surface area contributed by atoms with Crippen molar-refractivity contribution in [1.29, 1.82) is 0 Å². The summed E-state index contributed by atoms with van der Waals surface area (Å²) in [6.45, 7) is 0. The highest BCUT2D eigenvalue weighted by Crippen LogP contribution is 2.38. The Bertz CT molecular complexity index is 532. The molecular formula is C14H17N3OS. The molecule has 2 heterocycles. The number of thioether (sulfide) groups is 1. The molecule has 100 valence electrons. The lowest BCUT2D eigenvalue weighted by atomic mass is 10.1. The van der Waals surface area contributed by atoms with E-state index in [9.17, 15) is 0 Å². The number of aryl methyl sites for hydroxylation is 2. The van der Waals surface area contributed by atoms with Crippen LogP contribution >= 0.6 is 11.8 Å². The summed E-state index contributed by atoms with van der Waals surface area (Å²) >= 11 is 1.93. The zero-order chi connectivity index (χ0) is 13.1. The summed E-state index contributed by atoms with van der Waals surface area (Å²) in [6.07, 6.45) is 4.11. The van der Waals surface area contributed by atoms with Gasteiger partial charge in [0, 0.05) is 12.1 Å². The van der Waals surface area contributed by atoms with Gasteiger partial charge in [0.2, 0.25) is 5.89 Å². The van der Waals surface area contributed by atoms with E-state index in [1.807, 2.05) is 36.0 Å². The molecule has 1 aromatic heterocycles. The number of anilines is 1. The van der Waals surface area contributed by atoms with Crippen LogP contribution in [-0.2, 0) is 12.8 Å². The van der Waals surface area contributed by atoms with Gasteiger partial charge in [-0.2, -0.15) is 16.7 Å². The van der Waals surface area contributed by atoms with Crippen molar-refractivity contribution in [1.82, 2.24) is 10.1 Å². The van der Waals surface area contributed by atoms with Crippen LogP contribution in [0.25, 0.3) is 0 Å². The summed E-state index contributed by atoms with van der Waals surface area (Å²) in [5.74, 6) is 2.81. The molecule has 3 rings (SSSR count). The first kappa shape index (κ1) is 12.5. The molecule has 1 aliphatic heterocycles. The molecule has 1 aromatic carbocycles. The third-order valence-corrected chi connectivity index (χ3v) is 4.68. The Hall–Kier alpha value is -1.49. The van der Waals surface area contributed by atoms with Gasteiger partial charge in [0.25, 0.3) is 0 Å². The molecule has 4 nitrogen and oxygen atoms in total. The van der Waals surface area contributed by atoms with Crippen LogP contribution in [0.15, 0.2) is 28.8 Å². The lowest BCUT2D eigenvalue weighted by molar-refractivity contribution is 0.372. The third-order valence-electron chi connectivity index (χ3n) is 3.31. The first-order chi connectivity index (χ1) is 9.31. The van der Waals surface area contributed by atoms with Gasteiger partial charge in [-0.3, -0.25) is 0 Å². The molecule has 1 unspecified atom stereocenters. The van der Waals surface area contributed by atoms with Crippen molar-refractivity contribution in [3.63, 3.8) is 0 Å². The quantitative estimate of drug-likeness (QED) is 0.869. The second-order valence-corrected chi connectivity index (χ2v) is 6.10. The molecule has 0 radical (unpaired) electrons. The average Bonchev–Trinajstić information content (AvgIpc) is 3.09. The van der Waals surface area contributed by atoms with Gasteiger partial charge in [0.1, 0.15) is 0 Å². The van der Waals surface area contributed by atoms with Gasteiger partial charge < -0.3 is 10.3 Å². The van der Waals surface area contributed by atoms with E-state index in [-0.39, 0.29) is 0 Å². The summed E-state index contributed by atoms with van der Waals surface area (Å²) in [6, 6.07) is 7.92. The standard InChI is InChI=1S/C14H17N3OS/c15-11-6-3-10(4-7-11)5-8-13-16-14(17-18-13)12-2-1-9-19-12/h3-4,6-7,12H,1-2,5,8-9,15H2. The number of hydrogen-bond donors (Lipinski definition) is 1. The normalized spacial score (nSPS) is 18.8. The first-order valence-corrected chi connectivity index (χ1v) is 7.64. The van der Waals surface area contributed by atoms with Gasteiger partial charge in [-0.05, 0) is 42.7 Å². The van der Waals surface area contributed by atoms with Crippen molar-refractivity contribution >= 4 is 17.4 Å². The zero-order valence-corrected chi connectivity index (χ0v) is 11.5. The van der Waals surface area contributed by atoms with Crippen LogP contribution in [-0.4, -0.2) is 15.9 Å². The molecule has 0 spiro atoms. The summed E-state index contributed by atoms with van der Waals surface area (Å²) in [5, 5.41) is 4.54. The molecule has 0 amide bonds. The fraction of sp³-hybridized carbons (Fsp3) is 0.429. The van der Waals surface area contributed by atoms with E-state index in [0.717, 1.165) is 30.2 Å². The molecule has 2 N–H and O–H groups in total. The number of nitrogens with two attached hydrogens (primary N) is 1. The molecule has 0 bridgehead atoms. The molecule has 5 heteroatoms. The number of aromatic nitrogens is 2. The van der Waals surface area contributed by atoms with Crippen molar-refractivity contribution in [2.24, 2.45) is 0 Å². The Labute approximate surface area is 116 Å². The van der Waals surface area contributed by atoms with Crippen molar-refractivity contribution < 1.29 is 4.52 Å². The minimum Gasteiger partial charge on any atom is -0.399 e. The van der Waals surface area contributed by atoms with E-state index in [2.05, 4.69) is 10.1 Å². The molecule has 1 saturated heterocycles. The van der Waals surface area contributed by atoms with E-state index in [1.54, 1.807) is 0 Å². The maximum atomic E-state index is 5.66. The summed E-state index contributed by atoms with van der Waals surface area (Å²) in [4.78, 5) is 4.50. The van der Waals surface area contributed by atoms with Crippen LogP contribution < -0.4 is 5.73 Å². The average molecular weight is 275 g/mol. The maximum absolute atomic E-state index is 5.66. The number of rotatable bonds is 4. The van der Waals surface area contributed by atoms with Gasteiger partial charge in [0.05, 0.1) is 5.25 Å². The topological polar surface area (TPSA) is 64.9 Å². The SMILES string of the molecule is Nc1ccc(CCc2nc(C3CCCS3)no2)cc1. The lowest BCUT2D eigenvalue weighted by Crippen LogP contribution is -1.94. The molecule has 2 aromatic rings. The molecule has 0 saturated carbocycles. The van der Waals surface area contributed by atoms with Crippen LogP contribution in [0.1, 0.15) is 35.4 Å². The highest BCUT2D eigenvalue weighted by atomic mass is 32.2. The van der Waals surface area contributed by atoms with E-state index in [0.29, 0.717) is 5.25 Å². The third kappa shape index (κ3) is 3.10.